The van der Waals surface area contributed by atoms with Gasteiger partial charge in [0.15, 0.2) is 6.29 Å². The summed E-state index contributed by atoms with van der Waals surface area (Å²) in [6, 6.07) is 7.70. The smallest absolute Gasteiger partial charge is 0.155 e. The lowest BCUT2D eigenvalue weighted by atomic mass is 10.0. The second-order valence-corrected chi connectivity index (χ2v) is 4.70. The zero-order valence-electron chi connectivity index (χ0n) is 10.1. The largest absolute Gasteiger partial charge is 0.496 e. The summed E-state index contributed by atoms with van der Waals surface area (Å²) in [6.45, 7) is 2.02. The van der Waals surface area contributed by atoms with Crippen molar-refractivity contribution in [2.45, 2.75) is 6.92 Å². The third-order valence-corrected chi connectivity index (χ3v) is 3.64. The number of hydrogen-bond donors (Lipinski definition) is 0. The minimum absolute atomic E-state index is 0.453. The zero-order chi connectivity index (χ0) is 13.1. The van der Waals surface area contributed by atoms with Crippen LogP contribution in [0.4, 0.5) is 0 Å². The number of rotatable bonds is 3. The summed E-state index contributed by atoms with van der Waals surface area (Å²) in [4.78, 5) is 15.1. The Hall–Kier alpha value is -1.68. The fourth-order valence-electron chi connectivity index (χ4n) is 1.75. The molecule has 0 unspecified atom stereocenters. The maximum absolute atomic E-state index is 10.8. The Morgan fingerprint density at radius 2 is 2.17 bits per heavy atom. The van der Waals surface area contributed by atoms with Gasteiger partial charge in [0.05, 0.1) is 18.4 Å². The lowest BCUT2D eigenvalue weighted by Gasteiger charge is -2.09. The summed E-state index contributed by atoms with van der Waals surface area (Å²) in [5.74, 6) is 0.536. The summed E-state index contributed by atoms with van der Waals surface area (Å²) in [5.41, 5.74) is 3.36. The number of nitrogens with zero attached hydrogens (tertiary/aromatic N) is 1. The van der Waals surface area contributed by atoms with Gasteiger partial charge in [-0.25, -0.2) is 0 Å². The standard InChI is InChI=1S/C14H12BrNO2/c1-9-11(4-3-5-12(9)15)13-6-14(18-2)10(8-17)7-16-13/h3-8H,1-2H3. The van der Waals surface area contributed by atoms with Crippen LogP contribution in [-0.4, -0.2) is 18.4 Å². The second-order valence-electron chi connectivity index (χ2n) is 3.84. The van der Waals surface area contributed by atoms with Gasteiger partial charge in [0.1, 0.15) is 5.75 Å². The van der Waals surface area contributed by atoms with E-state index in [1.807, 2.05) is 25.1 Å². The molecule has 2 aromatic rings. The molecule has 0 aliphatic heterocycles. The molecule has 0 radical (unpaired) electrons. The van der Waals surface area contributed by atoms with Crippen LogP contribution < -0.4 is 4.74 Å². The van der Waals surface area contributed by atoms with Crippen molar-refractivity contribution in [1.82, 2.24) is 4.98 Å². The molecule has 0 saturated carbocycles. The Bertz CT molecular complexity index is 596. The molecular formula is C14H12BrNO2. The average Bonchev–Trinajstić information content (AvgIpc) is 2.41. The fourth-order valence-corrected chi connectivity index (χ4v) is 2.11. The highest BCUT2D eigenvalue weighted by atomic mass is 79.9. The van der Waals surface area contributed by atoms with Gasteiger partial charge >= 0.3 is 0 Å². The summed E-state index contributed by atoms with van der Waals surface area (Å²) in [6.07, 6.45) is 2.27. The molecule has 0 aliphatic carbocycles. The summed E-state index contributed by atoms with van der Waals surface area (Å²) >= 11 is 3.49. The number of aldehydes is 1. The highest BCUT2D eigenvalue weighted by Gasteiger charge is 2.09. The van der Waals surface area contributed by atoms with Gasteiger partial charge in [-0.2, -0.15) is 0 Å². The van der Waals surface area contributed by atoms with Gasteiger partial charge in [-0.05, 0) is 18.6 Å². The topological polar surface area (TPSA) is 39.2 Å². The van der Waals surface area contributed by atoms with Crippen LogP contribution in [0.3, 0.4) is 0 Å². The minimum atomic E-state index is 0.453. The number of pyridine rings is 1. The minimum Gasteiger partial charge on any atom is -0.496 e. The monoisotopic (exact) mass is 305 g/mol. The molecule has 18 heavy (non-hydrogen) atoms. The van der Waals surface area contributed by atoms with Crippen LogP contribution in [0, 0.1) is 6.92 Å². The molecule has 92 valence electrons. The molecule has 4 heteroatoms. The van der Waals surface area contributed by atoms with Crippen molar-refractivity contribution in [3.05, 3.63) is 46.1 Å². The molecule has 0 spiro atoms. The van der Waals surface area contributed by atoms with E-state index in [0.717, 1.165) is 27.6 Å². The average molecular weight is 306 g/mol. The van der Waals surface area contributed by atoms with Gasteiger partial charge in [-0.1, -0.05) is 28.1 Å². The second kappa shape index (κ2) is 5.31. The van der Waals surface area contributed by atoms with E-state index in [-0.39, 0.29) is 0 Å². The summed E-state index contributed by atoms with van der Waals surface area (Å²) in [5, 5.41) is 0. The van der Waals surface area contributed by atoms with Gasteiger partial charge in [-0.15, -0.1) is 0 Å². The van der Waals surface area contributed by atoms with E-state index in [2.05, 4.69) is 20.9 Å². The van der Waals surface area contributed by atoms with E-state index < -0.39 is 0 Å². The maximum Gasteiger partial charge on any atom is 0.155 e. The Morgan fingerprint density at radius 3 is 2.83 bits per heavy atom. The van der Waals surface area contributed by atoms with Crippen LogP contribution in [0.15, 0.2) is 34.9 Å². The predicted molar refractivity (Wildman–Crippen MR) is 74.0 cm³/mol. The Labute approximate surface area is 114 Å². The van der Waals surface area contributed by atoms with Crippen molar-refractivity contribution < 1.29 is 9.53 Å². The zero-order valence-corrected chi connectivity index (χ0v) is 11.7. The molecule has 0 bridgehead atoms. The first-order chi connectivity index (χ1) is 8.67. The van der Waals surface area contributed by atoms with Crippen molar-refractivity contribution in [1.29, 1.82) is 0 Å². The van der Waals surface area contributed by atoms with Crippen LogP contribution in [0.1, 0.15) is 15.9 Å². The first-order valence-corrected chi connectivity index (χ1v) is 6.21. The normalized spacial score (nSPS) is 10.2. The molecule has 0 fully saturated rings. The predicted octanol–water partition coefficient (Wildman–Crippen LogP) is 3.64. The molecule has 1 aromatic carbocycles. The number of aromatic nitrogens is 1. The third kappa shape index (κ3) is 2.29. The van der Waals surface area contributed by atoms with E-state index in [0.29, 0.717) is 11.3 Å². The number of carbonyl (C=O) groups is 1. The van der Waals surface area contributed by atoms with Gasteiger partial charge < -0.3 is 4.74 Å². The molecule has 3 nitrogen and oxygen atoms in total. The van der Waals surface area contributed by atoms with Gasteiger partial charge in [-0.3, -0.25) is 9.78 Å². The highest BCUT2D eigenvalue weighted by molar-refractivity contribution is 9.10. The van der Waals surface area contributed by atoms with Crippen molar-refractivity contribution in [3.8, 4) is 17.0 Å². The quantitative estimate of drug-likeness (QED) is 0.813. The lowest BCUT2D eigenvalue weighted by molar-refractivity contribution is 0.112. The van der Waals surface area contributed by atoms with E-state index in [9.17, 15) is 4.79 Å². The van der Waals surface area contributed by atoms with E-state index in [4.69, 9.17) is 4.74 Å². The van der Waals surface area contributed by atoms with E-state index >= 15 is 0 Å². The first-order valence-electron chi connectivity index (χ1n) is 5.42. The molecular weight excluding hydrogens is 294 g/mol. The van der Waals surface area contributed by atoms with Crippen molar-refractivity contribution >= 4 is 22.2 Å². The van der Waals surface area contributed by atoms with Crippen LogP contribution in [-0.2, 0) is 0 Å². The Morgan fingerprint density at radius 1 is 1.39 bits per heavy atom. The van der Waals surface area contributed by atoms with Crippen LogP contribution in [0.5, 0.6) is 5.75 Å². The number of carbonyl (C=O) groups excluding carboxylic acids is 1. The molecule has 0 amide bonds. The van der Waals surface area contributed by atoms with Crippen LogP contribution in [0.25, 0.3) is 11.3 Å². The molecule has 2 rings (SSSR count). The number of benzene rings is 1. The number of halogens is 1. The molecule has 0 N–H and O–H groups in total. The van der Waals surface area contributed by atoms with E-state index in [1.54, 1.807) is 13.2 Å². The number of methoxy groups -OCH3 is 1. The molecule has 1 heterocycles. The van der Waals surface area contributed by atoms with Gasteiger partial charge in [0.25, 0.3) is 0 Å². The lowest BCUT2D eigenvalue weighted by Crippen LogP contribution is -1.95. The molecule has 0 atom stereocenters. The van der Waals surface area contributed by atoms with Crippen molar-refractivity contribution in [2.24, 2.45) is 0 Å². The van der Waals surface area contributed by atoms with Crippen molar-refractivity contribution in [2.75, 3.05) is 7.11 Å². The summed E-state index contributed by atoms with van der Waals surface area (Å²) in [7, 11) is 1.54. The Kier molecular flexibility index (Phi) is 3.77. The maximum atomic E-state index is 10.8. The molecule has 0 saturated heterocycles. The van der Waals surface area contributed by atoms with Gasteiger partial charge in [0, 0.05) is 22.3 Å². The summed E-state index contributed by atoms with van der Waals surface area (Å²) < 4.78 is 6.21. The van der Waals surface area contributed by atoms with Gasteiger partial charge in [0.2, 0.25) is 0 Å². The number of hydrogen-bond acceptors (Lipinski definition) is 3. The molecule has 1 aromatic heterocycles. The number of ether oxygens (including phenoxy) is 1. The highest BCUT2D eigenvalue weighted by Crippen LogP contribution is 2.30. The van der Waals surface area contributed by atoms with Crippen LogP contribution >= 0.6 is 15.9 Å². The third-order valence-electron chi connectivity index (χ3n) is 2.79. The molecule has 0 aliphatic rings. The fraction of sp³-hybridized carbons (Fsp3) is 0.143. The SMILES string of the molecule is COc1cc(-c2cccc(Br)c2C)ncc1C=O. The van der Waals surface area contributed by atoms with Crippen molar-refractivity contribution in [3.63, 3.8) is 0 Å². The van der Waals surface area contributed by atoms with Crippen LogP contribution in [0.2, 0.25) is 0 Å². The van der Waals surface area contributed by atoms with E-state index in [1.165, 1.54) is 6.20 Å². The first kappa shape index (κ1) is 12.8. The Balaban J connectivity index is 2.58.